The van der Waals surface area contributed by atoms with Crippen LogP contribution >= 0.6 is 0 Å². The van der Waals surface area contributed by atoms with E-state index in [4.69, 9.17) is 9.47 Å². The molecule has 1 aromatic carbocycles. The van der Waals surface area contributed by atoms with Crippen LogP contribution in [0.5, 0.6) is 11.5 Å². The Balaban J connectivity index is 2.50. The monoisotopic (exact) mass is 237 g/mol. The normalized spacial score (nSPS) is 13.2. The molecular formula is C11H11NO5. The third kappa shape index (κ3) is 2.01. The van der Waals surface area contributed by atoms with E-state index in [1.54, 1.807) is 0 Å². The number of carbonyl (C=O) groups excluding carboxylic acids is 2. The van der Waals surface area contributed by atoms with Gasteiger partial charge in [-0.1, -0.05) is 0 Å². The summed E-state index contributed by atoms with van der Waals surface area (Å²) in [6, 6.07) is 2.99. The predicted octanol–water partition coefficient (Wildman–Crippen LogP) is 0.813. The van der Waals surface area contributed by atoms with Crippen molar-refractivity contribution < 1.29 is 23.8 Å². The summed E-state index contributed by atoms with van der Waals surface area (Å²) in [4.78, 5) is 22.6. The summed E-state index contributed by atoms with van der Waals surface area (Å²) in [5.74, 6) is 0.00939. The van der Waals surface area contributed by atoms with E-state index in [0.29, 0.717) is 17.2 Å². The maximum absolute atomic E-state index is 11.4. The highest BCUT2D eigenvalue weighted by molar-refractivity contribution is 5.99. The average Bonchev–Trinajstić information content (AvgIpc) is 2.35. The molecule has 1 aliphatic rings. The third-order valence-electron chi connectivity index (χ3n) is 2.32. The molecule has 0 saturated carbocycles. The molecule has 6 nitrogen and oxygen atoms in total. The Morgan fingerprint density at radius 3 is 2.82 bits per heavy atom. The minimum atomic E-state index is -0.508. The van der Waals surface area contributed by atoms with Crippen molar-refractivity contribution in [2.45, 2.75) is 0 Å². The lowest BCUT2D eigenvalue weighted by atomic mass is 10.1. The molecule has 0 atom stereocenters. The number of fused-ring (bicyclic) bond motifs is 1. The minimum absolute atomic E-state index is 0.0685. The maximum atomic E-state index is 11.4. The molecule has 0 fully saturated rings. The molecule has 1 heterocycles. The van der Waals surface area contributed by atoms with Gasteiger partial charge in [0.05, 0.1) is 25.5 Å². The van der Waals surface area contributed by atoms with Gasteiger partial charge in [0.1, 0.15) is 0 Å². The van der Waals surface area contributed by atoms with Crippen molar-refractivity contribution in [3.05, 3.63) is 17.7 Å². The summed E-state index contributed by atoms with van der Waals surface area (Å²) >= 11 is 0. The number of esters is 1. The van der Waals surface area contributed by atoms with Crippen LogP contribution in [0.1, 0.15) is 10.4 Å². The fraction of sp³-hybridized carbons (Fsp3) is 0.273. The molecule has 0 spiro atoms. The zero-order valence-corrected chi connectivity index (χ0v) is 9.40. The first kappa shape index (κ1) is 11.3. The number of carbonyl (C=O) groups is 2. The van der Waals surface area contributed by atoms with E-state index in [2.05, 4.69) is 10.1 Å². The van der Waals surface area contributed by atoms with Gasteiger partial charge in [-0.05, 0) is 12.1 Å². The molecule has 0 saturated heterocycles. The highest BCUT2D eigenvalue weighted by Gasteiger charge is 2.22. The van der Waals surface area contributed by atoms with Crippen LogP contribution in [0, 0.1) is 0 Å². The van der Waals surface area contributed by atoms with Gasteiger partial charge in [-0.3, -0.25) is 4.79 Å². The molecule has 6 heteroatoms. The molecule has 0 unspecified atom stereocenters. The Kier molecular flexibility index (Phi) is 2.86. The number of nitrogens with one attached hydrogen (secondary N) is 1. The Hall–Kier alpha value is -2.24. The van der Waals surface area contributed by atoms with Crippen molar-refractivity contribution in [3.8, 4) is 11.5 Å². The summed E-state index contributed by atoms with van der Waals surface area (Å²) < 4.78 is 14.9. The number of ether oxygens (including phenoxy) is 3. The van der Waals surface area contributed by atoms with Crippen molar-refractivity contribution in [1.29, 1.82) is 0 Å². The van der Waals surface area contributed by atoms with Crippen LogP contribution in [-0.2, 0) is 9.53 Å². The van der Waals surface area contributed by atoms with Gasteiger partial charge in [-0.2, -0.15) is 0 Å². The van der Waals surface area contributed by atoms with Crippen LogP contribution < -0.4 is 14.8 Å². The number of amides is 1. The lowest BCUT2D eigenvalue weighted by molar-refractivity contribution is -0.118. The Morgan fingerprint density at radius 1 is 1.41 bits per heavy atom. The Bertz CT molecular complexity index is 483. The van der Waals surface area contributed by atoms with Crippen molar-refractivity contribution in [3.63, 3.8) is 0 Å². The van der Waals surface area contributed by atoms with E-state index in [0.717, 1.165) is 0 Å². The SMILES string of the molecule is COC(=O)c1cc2c(c(OC)c1)OCC(=O)N2. The number of rotatable bonds is 2. The number of hydrogen-bond acceptors (Lipinski definition) is 5. The number of hydrogen-bond donors (Lipinski definition) is 1. The second-order valence-electron chi connectivity index (χ2n) is 3.38. The van der Waals surface area contributed by atoms with Crippen molar-refractivity contribution in [2.75, 3.05) is 26.1 Å². The summed E-state index contributed by atoms with van der Waals surface area (Å²) in [6.07, 6.45) is 0. The highest BCUT2D eigenvalue weighted by Crippen LogP contribution is 2.38. The zero-order chi connectivity index (χ0) is 12.4. The fourth-order valence-corrected chi connectivity index (χ4v) is 1.56. The maximum Gasteiger partial charge on any atom is 0.338 e. The number of benzene rings is 1. The average molecular weight is 237 g/mol. The van der Waals surface area contributed by atoms with Crippen LogP contribution in [0.3, 0.4) is 0 Å². The van der Waals surface area contributed by atoms with E-state index in [1.165, 1.54) is 26.4 Å². The van der Waals surface area contributed by atoms with Crippen molar-refractivity contribution in [2.24, 2.45) is 0 Å². The van der Waals surface area contributed by atoms with Crippen LogP contribution in [-0.4, -0.2) is 32.7 Å². The molecule has 1 aromatic rings. The largest absolute Gasteiger partial charge is 0.493 e. The molecule has 1 aliphatic heterocycles. The predicted molar refractivity (Wildman–Crippen MR) is 58.5 cm³/mol. The van der Waals surface area contributed by atoms with Gasteiger partial charge in [0.2, 0.25) is 0 Å². The van der Waals surface area contributed by atoms with E-state index < -0.39 is 5.97 Å². The van der Waals surface area contributed by atoms with Gasteiger partial charge in [0.15, 0.2) is 18.1 Å². The first-order valence-electron chi connectivity index (χ1n) is 4.88. The summed E-state index contributed by atoms with van der Waals surface area (Å²) in [7, 11) is 2.74. The molecular weight excluding hydrogens is 226 g/mol. The van der Waals surface area contributed by atoms with Gasteiger partial charge >= 0.3 is 5.97 Å². The number of methoxy groups -OCH3 is 2. The van der Waals surface area contributed by atoms with Crippen LogP contribution in [0.4, 0.5) is 5.69 Å². The molecule has 1 amide bonds. The topological polar surface area (TPSA) is 73.9 Å². The van der Waals surface area contributed by atoms with Gasteiger partial charge < -0.3 is 19.5 Å². The molecule has 0 radical (unpaired) electrons. The first-order chi connectivity index (χ1) is 8.15. The number of anilines is 1. The Morgan fingerprint density at radius 2 is 2.18 bits per heavy atom. The minimum Gasteiger partial charge on any atom is -0.493 e. The standard InChI is InChI=1S/C11H11NO5/c1-15-8-4-6(11(14)16-2)3-7-10(8)17-5-9(13)12-7/h3-4H,5H2,1-2H3,(H,12,13). The van der Waals surface area contributed by atoms with Crippen LogP contribution in [0.25, 0.3) is 0 Å². The first-order valence-corrected chi connectivity index (χ1v) is 4.88. The molecule has 1 N–H and O–H groups in total. The molecule has 2 rings (SSSR count). The van der Waals surface area contributed by atoms with E-state index in [1.807, 2.05) is 0 Å². The van der Waals surface area contributed by atoms with Crippen LogP contribution in [0.2, 0.25) is 0 Å². The molecule has 17 heavy (non-hydrogen) atoms. The smallest absolute Gasteiger partial charge is 0.338 e. The highest BCUT2D eigenvalue weighted by atomic mass is 16.5. The molecule has 0 aliphatic carbocycles. The van der Waals surface area contributed by atoms with Crippen molar-refractivity contribution in [1.82, 2.24) is 0 Å². The van der Waals surface area contributed by atoms with E-state index in [9.17, 15) is 9.59 Å². The zero-order valence-electron chi connectivity index (χ0n) is 9.40. The summed E-state index contributed by atoms with van der Waals surface area (Å²) in [5, 5.41) is 2.60. The van der Waals surface area contributed by atoms with Gasteiger partial charge in [0.25, 0.3) is 5.91 Å². The van der Waals surface area contributed by atoms with Gasteiger partial charge in [-0.25, -0.2) is 4.79 Å². The fourth-order valence-electron chi connectivity index (χ4n) is 1.56. The quantitative estimate of drug-likeness (QED) is 0.770. The lowest BCUT2D eigenvalue weighted by Gasteiger charge is -2.20. The summed E-state index contributed by atoms with van der Waals surface area (Å²) in [6.45, 7) is -0.0685. The molecule has 0 aromatic heterocycles. The molecule has 0 bridgehead atoms. The van der Waals surface area contributed by atoms with Crippen LogP contribution in [0.15, 0.2) is 12.1 Å². The summed E-state index contributed by atoms with van der Waals surface area (Å²) in [5.41, 5.74) is 0.690. The second kappa shape index (κ2) is 4.32. The molecule has 90 valence electrons. The van der Waals surface area contributed by atoms with Gasteiger partial charge in [0, 0.05) is 0 Å². The van der Waals surface area contributed by atoms with E-state index in [-0.39, 0.29) is 18.1 Å². The van der Waals surface area contributed by atoms with Gasteiger partial charge in [-0.15, -0.1) is 0 Å². The second-order valence-corrected chi connectivity index (χ2v) is 3.38. The third-order valence-corrected chi connectivity index (χ3v) is 2.32. The Labute approximate surface area is 97.5 Å². The van der Waals surface area contributed by atoms with Crippen molar-refractivity contribution >= 4 is 17.6 Å². The lowest BCUT2D eigenvalue weighted by Crippen LogP contribution is -2.26. The van der Waals surface area contributed by atoms with E-state index >= 15 is 0 Å².